The summed E-state index contributed by atoms with van der Waals surface area (Å²) in [5, 5.41) is 0. The van der Waals surface area contributed by atoms with E-state index in [9.17, 15) is 0 Å². The lowest BCUT2D eigenvalue weighted by molar-refractivity contribution is 0.330. The van der Waals surface area contributed by atoms with Crippen molar-refractivity contribution in [3.05, 3.63) is 48.7 Å². The predicted molar refractivity (Wildman–Crippen MR) is 62.7 cm³/mol. The molecule has 1 saturated carbocycles. The predicted octanol–water partition coefficient (Wildman–Crippen LogP) is 3.15. The molecule has 2 aliphatic rings. The minimum absolute atomic E-state index is 0.502. The van der Waals surface area contributed by atoms with E-state index in [0.717, 1.165) is 6.54 Å². The average Bonchev–Trinajstić information content (AvgIpc) is 2.94. The van der Waals surface area contributed by atoms with E-state index in [0.29, 0.717) is 11.5 Å². The van der Waals surface area contributed by atoms with Crippen molar-refractivity contribution in [3.63, 3.8) is 0 Å². The normalized spacial score (nSPS) is 26.9. The zero-order valence-electron chi connectivity index (χ0n) is 9.02. The molecular formula is C14H17N. The second kappa shape index (κ2) is 3.13. The van der Waals surface area contributed by atoms with Crippen LogP contribution in [0, 0.1) is 0 Å². The maximum Gasteiger partial charge on any atom is 0.0405 e. The lowest BCUT2D eigenvalue weighted by atomic mass is 9.96. The molecule has 0 bridgehead atoms. The van der Waals surface area contributed by atoms with Crippen LogP contribution in [0.15, 0.2) is 43.1 Å². The Morgan fingerprint density at radius 1 is 1.27 bits per heavy atom. The fraction of sp³-hybridized carbons (Fsp3) is 0.429. The van der Waals surface area contributed by atoms with Crippen molar-refractivity contribution in [3.8, 4) is 0 Å². The number of hydrogen-bond donors (Lipinski definition) is 0. The van der Waals surface area contributed by atoms with Gasteiger partial charge in [-0.2, -0.15) is 0 Å². The van der Waals surface area contributed by atoms with Gasteiger partial charge in [-0.1, -0.05) is 36.9 Å². The van der Waals surface area contributed by atoms with Gasteiger partial charge in [0.2, 0.25) is 0 Å². The molecule has 2 fully saturated rings. The van der Waals surface area contributed by atoms with E-state index in [2.05, 4.69) is 41.8 Å². The van der Waals surface area contributed by atoms with Gasteiger partial charge in [-0.25, -0.2) is 0 Å². The van der Waals surface area contributed by atoms with Gasteiger partial charge in [-0.3, -0.25) is 0 Å². The van der Waals surface area contributed by atoms with E-state index in [1.54, 1.807) is 0 Å². The molecule has 78 valence electrons. The van der Waals surface area contributed by atoms with Gasteiger partial charge in [0, 0.05) is 18.0 Å². The Hall–Kier alpha value is -1.24. The molecule has 1 heteroatoms. The van der Waals surface area contributed by atoms with Crippen LogP contribution in [0.25, 0.3) is 0 Å². The summed E-state index contributed by atoms with van der Waals surface area (Å²) in [6.07, 6.45) is 6.09. The molecule has 1 saturated heterocycles. The highest BCUT2D eigenvalue weighted by Gasteiger charge is 2.52. The third-order valence-electron chi connectivity index (χ3n) is 3.97. The number of benzene rings is 1. The average molecular weight is 199 g/mol. The summed E-state index contributed by atoms with van der Waals surface area (Å²) in [5.41, 5.74) is 2.00. The third kappa shape index (κ3) is 1.38. The maximum atomic E-state index is 3.93. The molecule has 1 spiro atoms. The van der Waals surface area contributed by atoms with Gasteiger partial charge >= 0.3 is 0 Å². The standard InChI is InChI=1S/C14H17N/c1-2-15-11-13(10-14(15)8-9-14)12-6-4-3-5-7-12/h2-7,13H,1,8-11H2/t13-/m1/s1. The Kier molecular flexibility index (Phi) is 1.88. The van der Waals surface area contributed by atoms with Gasteiger partial charge in [0.05, 0.1) is 0 Å². The van der Waals surface area contributed by atoms with Crippen LogP contribution in [0.1, 0.15) is 30.7 Å². The number of hydrogen-bond acceptors (Lipinski definition) is 1. The molecule has 1 aromatic carbocycles. The summed E-state index contributed by atoms with van der Waals surface area (Å²) < 4.78 is 0. The SMILES string of the molecule is C=CN1C[C@H](c2ccccc2)CC12CC2. The van der Waals surface area contributed by atoms with Crippen molar-refractivity contribution in [2.45, 2.75) is 30.7 Å². The van der Waals surface area contributed by atoms with Gasteiger partial charge in [0.1, 0.15) is 0 Å². The second-order valence-electron chi connectivity index (χ2n) is 4.87. The number of nitrogens with zero attached hydrogens (tertiary/aromatic N) is 1. The molecule has 1 aromatic rings. The first kappa shape index (κ1) is 9.02. The smallest absolute Gasteiger partial charge is 0.0405 e. The molecule has 0 unspecified atom stereocenters. The van der Waals surface area contributed by atoms with E-state index >= 15 is 0 Å². The van der Waals surface area contributed by atoms with Crippen LogP contribution >= 0.6 is 0 Å². The van der Waals surface area contributed by atoms with Gasteiger partial charge < -0.3 is 4.90 Å². The fourth-order valence-corrected chi connectivity index (χ4v) is 2.92. The minimum atomic E-state index is 0.502. The summed E-state index contributed by atoms with van der Waals surface area (Å²) in [6.45, 7) is 5.09. The fourth-order valence-electron chi connectivity index (χ4n) is 2.92. The second-order valence-corrected chi connectivity index (χ2v) is 4.87. The Morgan fingerprint density at radius 3 is 2.53 bits per heavy atom. The zero-order valence-corrected chi connectivity index (χ0v) is 9.02. The summed E-state index contributed by atoms with van der Waals surface area (Å²) in [7, 11) is 0. The van der Waals surface area contributed by atoms with Crippen LogP contribution < -0.4 is 0 Å². The van der Waals surface area contributed by atoms with Crippen molar-refractivity contribution < 1.29 is 0 Å². The minimum Gasteiger partial charge on any atom is -0.372 e. The van der Waals surface area contributed by atoms with Crippen molar-refractivity contribution in [2.24, 2.45) is 0 Å². The van der Waals surface area contributed by atoms with Crippen molar-refractivity contribution >= 4 is 0 Å². The topological polar surface area (TPSA) is 3.24 Å². The highest BCUT2D eigenvalue weighted by molar-refractivity contribution is 5.26. The van der Waals surface area contributed by atoms with Gasteiger partial charge in [-0.15, -0.1) is 0 Å². The van der Waals surface area contributed by atoms with Gasteiger partial charge in [0.15, 0.2) is 0 Å². The van der Waals surface area contributed by atoms with E-state index in [1.807, 2.05) is 6.20 Å². The van der Waals surface area contributed by atoms with Crippen molar-refractivity contribution in [2.75, 3.05) is 6.54 Å². The molecule has 1 nitrogen and oxygen atoms in total. The van der Waals surface area contributed by atoms with Crippen LogP contribution in [0.5, 0.6) is 0 Å². The summed E-state index contributed by atoms with van der Waals surface area (Å²) >= 11 is 0. The van der Waals surface area contributed by atoms with Crippen LogP contribution in [-0.2, 0) is 0 Å². The summed E-state index contributed by atoms with van der Waals surface area (Å²) in [6, 6.07) is 10.9. The molecule has 15 heavy (non-hydrogen) atoms. The molecular weight excluding hydrogens is 182 g/mol. The van der Waals surface area contributed by atoms with Gasteiger partial charge in [-0.05, 0) is 31.0 Å². The van der Waals surface area contributed by atoms with Crippen molar-refractivity contribution in [1.29, 1.82) is 0 Å². The first-order valence-corrected chi connectivity index (χ1v) is 5.78. The highest BCUT2D eigenvalue weighted by Crippen LogP contribution is 2.53. The molecule has 1 aliphatic heterocycles. The van der Waals surface area contributed by atoms with Crippen LogP contribution in [0.4, 0.5) is 0 Å². The summed E-state index contributed by atoms with van der Waals surface area (Å²) in [5.74, 6) is 0.715. The maximum absolute atomic E-state index is 3.93. The quantitative estimate of drug-likeness (QED) is 0.707. The summed E-state index contributed by atoms with van der Waals surface area (Å²) in [4.78, 5) is 2.46. The first-order chi connectivity index (χ1) is 7.34. The number of rotatable bonds is 2. The highest BCUT2D eigenvalue weighted by atomic mass is 15.2. The molecule has 0 amide bonds. The third-order valence-corrected chi connectivity index (χ3v) is 3.97. The van der Waals surface area contributed by atoms with E-state index in [4.69, 9.17) is 0 Å². The Bertz CT molecular complexity index is 364. The Labute approximate surface area is 91.4 Å². The molecule has 3 rings (SSSR count). The lowest BCUT2D eigenvalue weighted by Crippen LogP contribution is -2.24. The Morgan fingerprint density at radius 2 is 2.00 bits per heavy atom. The number of likely N-dealkylation sites (tertiary alicyclic amines) is 1. The molecule has 0 aromatic heterocycles. The first-order valence-electron chi connectivity index (χ1n) is 5.78. The van der Waals surface area contributed by atoms with E-state index in [1.165, 1.54) is 24.8 Å². The van der Waals surface area contributed by atoms with Gasteiger partial charge in [0.25, 0.3) is 0 Å². The molecule has 0 N–H and O–H groups in total. The monoisotopic (exact) mass is 199 g/mol. The zero-order chi connectivity index (χ0) is 10.3. The molecule has 0 radical (unpaired) electrons. The lowest BCUT2D eigenvalue weighted by Gasteiger charge is -2.20. The molecule has 1 heterocycles. The van der Waals surface area contributed by atoms with Crippen molar-refractivity contribution in [1.82, 2.24) is 4.90 Å². The Balaban J connectivity index is 1.84. The molecule has 1 atom stereocenters. The molecule has 1 aliphatic carbocycles. The van der Waals surface area contributed by atoms with Crippen LogP contribution in [0.2, 0.25) is 0 Å². The van der Waals surface area contributed by atoms with Crippen LogP contribution in [-0.4, -0.2) is 17.0 Å². The van der Waals surface area contributed by atoms with E-state index in [-0.39, 0.29) is 0 Å². The van der Waals surface area contributed by atoms with Crippen LogP contribution in [0.3, 0.4) is 0 Å². The largest absolute Gasteiger partial charge is 0.372 e. The van der Waals surface area contributed by atoms with E-state index < -0.39 is 0 Å².